The van der Waals surface area contributed by atoms with Gasteiger partial charge in [0.25, 0.3) is 5.69 Å². The summed E-state index contributed by atoms with van der Waals surface area (Å²) in [5.74, 6) is -0.311. The number of hydrogen-bond acceptors (Lipinski definition) is 6. The zero-order valence-corrected chi connectivity index (χ0v) is 17.2. The molecule has 0 atom stereocenters. The van der Waals surface area contributed by atoms with E-state index in [0.29, 0.717) is 31.2 Å². The minimum absolute atomic E-state index is 0.0598. The van der Waals surface area contributed by atoms with E-state index >= 15 is 0 Å². The van der Waals surface area contributed by atoms with Crippen molar-refractivity contribution in [3.05, 3.63) is 33.9 Å². The van der Waals surface area contributed by atoms with Crippen LogP contribution in [-0.2, 0) is 14.8 Å². The number of nitrogens with zero attached hydrogens (tertiary/aromatic N) is 2. The Morgan fingerprint density at radius 2 is 1.79 bits per heavy atom. The van der Waals surface area contributed by atoms with Crippen LogP contribution in [0.1, 0.15) is 44.1 Å². The fraction of sp³-hybridized carbons (Fsp3) is 0.632. The van der Waals surface area contributed by atoms with E-state index in [4.69, 9.17) is 0 Å². The number of amides is 1. The number of aryl methyl sites for hydroxylation is 1. The van der Waals surface area contributed by atoms with Crippen molar-refractivity contribution in [3.63, 3.8) is 0 Å². The minimum Gasteiger partial charge on any atom is -0.393 e. The van der Waals surface area contributed by atoms with E-state index in [1.165, 1.54) is 16.4 Å². The standard InChI is InChI=1S/C19H27N3O6S/c1-13-2-5-16(22(25)26)12-18(13)29(27,28)21-10-8-14(9-11-21)19(24)20-15-3-6-17(23)7-4-15/h2,5,12,14-15,17,23H,3-4,6-11H2,1H3,(H,20,24). The van der Waals surface area contributed by atoms with Gasteiger partial charge < -0.3 is 10.4 Å². The number of nitrogens with one attached hydrogen (secondary N) is 1. The lowest BCUT2D eigenvalue weighted by Gasteiger charge is -2.32. The van der Waals surface area contributed by atoms with Gasteiger partial charge in [0, 0.05) is 37.2 Å². The lowest BCUT2D eigenvalue weighted by molar-refractivity contribution is -0.385. The average Bonchev–Trinajstić information content (AvgIpc) is 2.69. The molecule has 3 rings (SSSR count). The van der Waals surface area contributed by atoms with E-state index in [1.54, 1.807) is 6.92 Å². The van der Waals surface area contributed by atoms with Gasteiger partial charge in [-0.1, -0.05) is 6.07 Å². The maximum absolute atomic E-state index is 13.0. The molecule has 0 spiro atoms. The number of nitro groups is 1. The zero-order chi connectivity index (χ0) is 21.2. The Labute approximate surface area is 170 Å². The van der Waals surface area contributed by atoms with Crippen LogP contribution in [0.2, 0.25) is 0 Å². The number of piperidine rings is 1. The molecular weight excluding hydrogens is 398 g/mol. The number of carbonyl (C=O) groups excluding carboxylic acids is 1. The number of benzene rings is 1. The first-order chi connectivity index (χ1) is 13.7. The molecule has 0 aromatic heterocycles. The van der Waals surface area contributed by atoms with Gasteiger partial charge in [0.1, 0.15) is 0 Å². The second kappa shape index (κ2) is 8.76. The first-order valence-electron chi connectivity index (χ1n) is 9.92. The lowest BCUT2D eigenvalue weighted by atomic mass is 9.91. The molecule has 2 N–H and O–H groups in total. The third-order valence-corrected chi connectivity index (χ3v) is 7.91. The molecule has 29 heavy (non-hydrogen) atoms. The molecule has 1 aliphatic heterocycles. The van der Waals surface area contributed by atoms with Crippen LogP contribution < -0.4 is 5.32 Å². The summed E-state index contributed by atoms with van der Waals surface area (Å²) in [6.07, 6.45) is 3.42. The van der Waals surface area contributed by atoms with Gasteiger partial charge in [-0.3, -0.25) is 14.9 Å². The van der Waals surface area contributed by atoms with Crippen molar-refractivity contribution in [3.8, 4) is 0 Å². The van der Waals surface area contributed by atoms with Crippen molar-refractivity contribution < 1.29 is 23.2 Å². The van der Waals surface area contributed by atoms with E-state index in [1.807, 2.05) is 0 Å². The Morgan fingerprint density at radius 1 is 1.17 bits per heavy atom. The van der Waals surface area contributed by atoms with E-state index in [9.17, 15) is 28.4 Å². The van der Waals surface area contributed by atoms with Crippen LogP contribution in [0.3, 0.4) is 0 Å². The number of non-ortho nitro benzene ring substituents is 1. The molecule has 1 saturated carbocycles. The number of rotatable bonds is 5. The monoisotopic (exact) mass is 425 g/mol. The molecule has 0 radical (unpaired) electrons. The number of aliphatic hydroxyl groups is 1. The molecule has 1 aromatic carbocycles. The summed E-state index contributed by atoms with van der Waals surface area (Å²) in [6.45, 7) is 2.01. The molecule has 0 bridgehead atoms. The van der Waals surface area contributed by atoms with E-state index in [2.05, 4.69) is 5.32 Å². The van der Waals surface area contributed by atoms with Crippen LogP contribution in [0.15, 0.2) is 23.1 Å². The van der Waals surface area contributed by atoms with Crippen LogP contribution >= 0.6 is 0 Å². The summed E-state index contributed by atoms with van der Waals surface area (Å²) >= 11 is 0. The summed E-state index contributed by atoms with van der Waals surface area (Å²) in [4.78, 5) is 22.9. The zero-order valence-electron chi connectivity index (χ0n) is 16.4. The summed E-state index contributed by atoms with van der Waals surface area (Å²) in [5.41, 5.74) is 0.191. The van der Waals surface area contributed by atoms with Crippen LogP contribution in [0.25, 0.3) is 0 Å². The summed E-state index contributed by atoms with van der Waals surface area (Å²) in [7, 11) is -3.86. The van der Waals surface area contributed by atoms with Crippen LogP contribution in [0.4, 0.5) is 5.69 Å². The number of aliphatic hydroxyl groups excluding tert-OH is 1. The number of carbonyl (C=O) groups is 1. The first-order valence-corrected chi connectivity index (χ1v) is 11.4. The first kappa shape index (κ1) is 21.7. The third-order valence-electron chi connectivity index (χ3n) is 5.87. The maximum Gasteiger partial charge on any atom is 0.270 e. The highest BCUT2D eigenvalue weighted by Gasteiger charge is 2.34. The molecule has 9 nitrogen and oxygen atoms in total. The molecule has 10 heteroatoms. The maximum atomic E-state index is 13.0. The smallest absolute Gasteiger partial charge is 0.270 e. The number of sulfonamides is 1. The second-order valence-electron chi connectivity index (χ2n) is 7.90. The molecule has 1 amide bonds. The highest BCUT2D eigenvalue weighted by Crippen LogP contribution is 2.28. The van der Waals surface area contributed by atoms with Crippen molar-refractivity contribution in [2.24, 2.45) is 5.92 Å². The molecule has 0 unspecified atom stereocenters. The van der Waals surface area contributed by atoms with Gasteiger partial charge in [0.2, 0.25) is 15.9 Å². The molecule has 2 aliphatic rings. The molecule has 160 valence electrons. The van der Waals surface area contributed by atoms with Gasteiger partial charge in [-0.2, -0.15) is 4.31 Å². The van der Waals surface area contributed by atoms with Crippen molar-refractivity contribution >= 4 is 21.6 Å². The lowest BCUT2D eigenvalue weighted by Crippen LogP contribution is -2.46. The van der Waals surface area contributed by atoms with Crippen molar-refractivity contribution in [2.45, 2.75) is 62.5 Å². The fourth-order valence-electron chi connectivity index (χ4n) is 4.02. The van der Waals surface area contributed by atoms with Crippen LogP contribution in [0, 0.1) is 23.0 Å². The molecule has 1 heterocycles. The fourth-order valence-corrected chi connectivity index (χ4v) is 5.73. The quantitative estimate of drug-likeness (QED) is 0.546. The predicted molar refractivity (Wildman–Crippen MR) is 106 cm³/mol. The highest BCUT2D eigenvalue weighted by molar-refractivity contribution is 7.89. The van der Waals surface area contributed by atoms with E-state index in [0.717, 1.165) is 18.9 Å². The topological polar surface area (TPSA) is 130 Å². The van der Waals surface area contributed by atoms with Gasteiger partial charge in [0.05, 0.1) is 15.9 Å². The Bertz CT molecular complexity index is 872. The molecule has 1 aliphatic carbocycles. The number of hydrogen-bond donors (Lipinski definition) is 2. The van der Waals surface area contributed by atoms with Gasteiger partial charge in [0.15, 0.2) is 0 Å². The van der Waals surface area contributed by atoms with Crippen LogP contribution in [-0.4, -0.2) is 53.9 Å². The Balaban J connectivity index is 1.62. The highest BCUT2D eigenvalue weighted by atomic mass is 32.2. The second-order valence-corrected chi connectivity index (χ2v) is 9.81. The Hall–Kier alpha value is -2.04. The minimum atomic E-state index is -3.86. The largest absolute Gasteiger partial charge is 0.393 e. The summed E-state index contributed by atoms with van der Waals surface area (Å²) in [6, 6.07) is 3.89. The molecule has 1 saturated heterocycles. The SMILES string of the molecule is Cc1ccc([N+](=O)[O-])cc1S(=O)(=O)N1CCC(C(=O)NC2CCC(O)CC2)CC1. The molecule has 1 aromatic rings. The third kappa shape index (κ3) is 4.93. The van der Waals surface area contributed by atoms with Crippen molar-refractivity contribution in [1.29, 1.82) is 0 Å². The van der Waals surface area contributed by atoms with E-state index in [-0.39, 0.29) is 47.6 Å². The van der Waals surface area contributed by atoms with Crippen molar-refractivity contribution in [2.75, 3.05) is 13.1 Å². The van der Waals surface area contributed by atoms with Gasteiger partial charge in [-0.15, -0.1) is 0 Å². The summed E-state index contributed by atoms with van der Waals surface area (Å²) in [5, 5.41) is 23.6. The van der Waals surface area contributed by atoms with Gasteiger partial charge in [-0.05, 0) is 51.0 Å². The molecular formula is C19H27N3O6S. The van der Waals surface area contributed by atoms with Gasteiger partial charge >= 0.3 is 0 Å². The van der Waals surface area contributed by atoms with Gasteiger partial charge in [-0.25, -0.2) is 8.42 Å². The normalized spacial score (nSPS) is 24.2. The molecule has 2 fully saturated rings. The van der Waals surface area contributed by atoms with E-state index < -0.39 is 14.9 Å². The van der Waals surface area contributed by atoms with Crippen LogP contribution in [0.5, 0.6) is 0 Å². The summed E-state index contributed by atoms with van der Waals surface area (Å²) < 4.78 is 27.3. The average molecular weight is 426 g/mol. The Kier molecular flexibility index (Phi) is 6.55. The predicted octanol–water partition coefficient (Wildman–Crippen LogP) is 1.72. The van der Waals surface area contributed by atoms with Crippen molar-refractivity contribution in [1.82, 2.24) is 9.62 Å². The Morgan fingerprint density at radius 3 is 2.38 bits per heavy atom. The number of nitro benzene ring substituents is 1.